The van der Waals surface area contributed by atoms with Gasteiger partial charge in [-0.1, -0.05) is 0 Å². The summed E-state index contributed by atoms with van der Waals surface area (Å²) in [6, 6.07) is 1.22. The molecule has 12 heteroatoms. The van der Waals surface area contributed by atoms with Crippen molar-refractivity contribution in [2.24, 2.45) is 11.1 Å². The summed E-state index contributed by atoms with van der Waals surface area (Å²) in [7, 11) is 1.63. The van der Waals surface area contributed by atoms with Crippen LogP contribution in [0, 0.1) is 17.0 Å². The van der Waals surface area contributed by atoms with Gasteiger partial charge in [-0.2, -0.15) is 9.97 Å². The Hall–Kier alpha value is -3.64. The van der Waals surface area contributed by atoms with Crippen LogP contribution >= 0.6 is 0 Å². The lowest BCUT2D eigenvalue weighted by molar-refractivity contribution is 0.0559. The Balaban J connectivity index is 1.49. The molecule has 0 bridgehead atoms. The van der Waals surface area contributed by atoms with Gasteiger partial charge in [-0.15, -0.1) is 0 Å². The van der Waals surface area contributed by atoms with Crippen molar-refractivity contribution in [3.8, 4) is 11.8 Å². The number of aromatic nitrogens is 5. The van der Waals surface area contributed by atoms with Crippen molar-refractivity contribution < 1.29 is 18.6 Å². The number of hydrogen-bond acceptors (Lipinski definition) is 9. The van der Waals surface area contributed by atoms with E-state index in [-0.39, 0.29) is 34.4 Å². The first-order valence-corrected chi connectivity index (χ1v) is 11.4. The third kappa shape index (κ3) is 3.27. The number of fused-ring (bicyclic) bond motifs is 3. The van der Waals surface area contributed by atoms with Gasteiger partial charge in [-0.3, -0.25) is 0 Å². The zero-order valence-electron chi connectivity index (χ0n) is 19.1. The summed E-state index contributed by atoms with van der Waals surface area (Å²) < 4.78 is 35.4. The molecule has 2 fully saturated rings. The number of aliphatic hydroxyl groups is 1. The van der Waals surface area contributed by atoms with Crippen LogP contribution in [0.2, 0.25) is 0 Å². The molecular formula is C23H24F2N8O2. The van der Waals surface area contributed by atoms with Crippen LogP contribution in [0.25, 0.3) is 21.9 Å². The minimum absolute atomic E-state index is 0.00167. The smallest absolute Gasteiger partial charge is 0.326 e. The largest absolute Gasteiger partial charge is 0.421 e. The number of benzene rings is 1. The van der Waals surface area contributed by atoms with Crippen molar-refractivity contribution in [3.05, 3.63) is 35.9 Å². The number of aliphatic hydroxyl groups excluding tert-OH is 1. The summed E-state index contributed by atoms with van der Waals surface area (Å²) in [4.78, 5) is 22.3. The summed E-state index contributed by atoms with van der Waals surface area (Å²) >= 11 is 0. The molecule has 2 aliphatic rings. The van der Waals surface area contributed by atoms with E-state index in [0.717, 1.165) is 18.9 Å². The second-order valence-electron chi connectivity index (χ2n) is 9.32. The summed E-state index contributed by atoms with van der Waals surface area (Å²) in [5.41, 5.74) is 7.36. The van der Waals surface area contributed by atoms with Crippen molar-refractivity contribution in [1.82, 2.24) is 24.9 Å². The molecule has 3 aromatic heterocycles. The number of anilines is 2. The molecule has 4 aromatic rings. The predicted molar refractivity (Wildman–Crippen MR) is 125 cm³/mol. The number of halogens is 2. The molecule has 1 spiro atoms. The molecule has 2 atom stereocenters. The number of aromatic amines is 1. The lowest BCUT2D eigenvalue weighted by Gasteiger charge is -2.60. The quantitative estimate of drug-likeness (QED) is 0.338. The van der Waals surface area contributed by atoms with E-state index in [2.05, 4.69) is 30.2 Å². The third-order valence-electron chi connectivity index (χ3n) is 7.13. The molecule has 0 amide bonds. The molecule has 0 unspecified atom stereocenters. The molecule has 1 saturated carbocycles. The first-order valence-electron chi connectivity index (χ1n) is 11.4. The maximum Gasteiger partial charge on any atom is 0.326 e. The minimum atomic E-state index is -0.971. The zero-order valence-corrected chi connectivity index (χ0v) is 19.1. The molecule has 1 aliphatic heterocycles. The third-order valence-corrected chi connectivity index (χ3v) is 7.13. The Morgan fingerprint density at radius 1 is 1.26 bits per heavy atom. The summed E-state index contributed by atoms with van der Waals surface area (Å²) in [5.74, 6) is -0.976. The van der Waals surface area contributed by atoms with Crippen LogP contribution in [0.1, 0.15) is 31.7 Å². The molecule has 182 valence electrons. The van der Waals surface area contributed by atoms with E-state index in [9.17, 15) is 9.50 Å². The lowest BCUT2D eigenvalue weighted by Crippen LogP contribution is -2.69. The zero-order chi connectivity index (χ0) is 24.5. The van der Waals surface area contributed by atoms with Gasteiger partial charge in [0, 0.05) is 37.7 Å². The fourth-order valence-corrected chi connectivity index (χ4v) is 5.01. The second kappa shape index (κ2) is 7.68. The average Bonchev–Trinajstić information content (AvgIpc) is 3.19. The number of nitrogens with two attached hydrogens (primary N) is 1. The van der Waals surface area contributed by atoms with Gasteiger partial charge < -0.3 is 30.8 Å². The molecule has 1 aliphatic carbocycles. The Morgan fingerprint density at radius 3 is 2.60 bits per heavy atom. The summed E-state index contributed by atoms with van der Waals surface area (Å²) in [5, 5.41) is 13.0. The maximum atomic E-state index is 15.1. The normalized spacial score (nSPS) is 19.6. The highest BCUT2D eigenvalue weighted by Crippen LogP contribution is 2.50. The topological polar surface area (TPSA) is 138 Å². The highest BCUT2D eigenvalue weighted by molar-refractivity contribution is 6.15. The molecule has 1 aromatic carbocycles. The molecule has 0 radical (unpaired) electrons. The van der Waals surface area contributed by atoms with Gasteiger partial charge in [0.05, 0.1) is 34.4 Å². The van der Waals surface area contributed by atoms with Crippen LogP contribution in [-0.4, -0.2) is 56.2 Å². The highest BCUT2D eigenvalue weighted by atomic mass is 19.2. The van der Waals surface area contributed by atoms with E-state index in [1.807, 2.05) is 4.90 Å². The van der Waals surface area contributed by atoms with E-state index in [0.29, 0.717) is 41.1 Å². The first kappa shape index (κ1) is 21.9. The van der Waals surface area contributed by atoms with E-state index >= 15 is 4.39 Å². The van der Waals surface area contributed by atoms with Crippen molar-refractivity contribution in [2.75, 3.05) is 30.4 Å². The summed E-state index contributed by atoms with van der Waals surface area (Å²) in [6.07, 6.45) is 4.00. The molecule has 6 rings (SSSR count). The average molecular weight is 482 g/mol. The van der Waals surface area contributed by atoms with Crippen LogP contribution in [0.4, 0.5) is 20.3 Å². The van der Waals surface area contributed by atoms with Crippen molar-refractivity contribution in [1.29, 1.82) is 0 Å². The van der Waals surface area contributed by atoms with E-state index < -0.39 is 17.7 Å². The molecule has 1 saturated heterocycles. The Morgan fingerprint density at radius 2 is 2.00 bits per heavy atom. The van der Waals surface area contributed by atoms with E-state index in [1.54, 1.807) is 14.0 Å². The number of nitrogens with one attached hydrogen (secondary N) is 2. The molecule has 5 N–H and O–H groups in total. The Bertz CT molecular complexity index is 1450. The number of nitrogens with zero attached hydrogens (tertiary/aromatic N) is 5. The van der Waals surface area contributed by atoms with Crippen molar-refractivity contribution in [2.45, 2.75) is 31.9 Å². The van der Waals surface area contributed by atoms with Gasteiger partial charge in [0.25, 0.3) is 0 Å². The van der Waals surface area contributed by atoms with Gasteiger partial charge in [-0.25, -0.2) is 18.7 Å². The van der Waals surface area contributed by atoms with E-state index in [1.165, 1.54) is 12.4 Å². The van der Waals surface area contributed by atoms with Gasteiger partial charge in [0.15, 0.2) is 23.2 Å². The second-order valence-corrected chi connectivity index (χ2v) is 9.32. The number of H-pyrrole nitrogens is 1. The van der Waals surface area contributed by atoms with Gasteiger partial charge in [-0.05, 0) is 19.8 Å². The SMILES string of the molecule is CNc1cc(F)c(F)c2c1[nH]c1nc(Oc3cnc([C@@H](C)O)nc3)nc(N3CC4(CC[C@H]4N)C3)c12. The van der Waals surface area contributed by atoms with Crippen LogP contribution in [0.15, 0.2) is 18.5 Å². The van der Waals surface area contributed by atoms with E-state index in [4.69, 9.17) is 10.5 Å². The van der Waals surface area contributed by atoms with Crippen molar-refractivity contribution in [3.63, 3.8) is 0 Å². The van der Waals surface area contributed by atoms with Crippen LogP contribution < -0.4 is 20.7 Å². The number of ether oxygens (including phenoxy) is 1. The summed E-state index contributed by atoms with van der Waals surface area (Å²) in [6.45, 7) is 2.88. The van der Waals surface area contributed by atoms with Crippen LogP contribution in [0.5, 0.6) is 11.8 Å². The molecule has 10 nitrogen and oxygen atoms in total. The van der Waals surface area contributed by atoms with Gasteiger partial charge >= 0.3 is 6.01 Å². The predicted octanol–water partition coefficient (Wildman–Crippen LogP) is 2.99. The Kier molecular flexibility index (Phi) is 4.80. The monoisotopic (exact) mass is 482 g/mol. The minimum Gasteiger partial charge on any atom is -0.421 e. The number of hydrogen-bond donors (Lipinski definition) is 4. The van der Waals surface area contributed by atoms with Gasteiger partial charge in [0.1, 0.15) is 17.6 Å². The Labute approximate surface area is 198 Å². The lowest BCUT2D eigenvalue weighted by atomic mass is 9.60. The fraction of sp³-hybridized carbons (Fsp3) is 0.391. The standard InChI is InChI=1S/C23H24F2N8O2/c1-10(34)19-28-6-11(7-29-19)35-22-31-20-16(15-17(25)12(24)5-13(27-2)18(15)30-20)21(32-22)33-8-23(9-33)4-3-14(23)26/h5-7,10,14,27,34H,3-4,8-9,26H2,1-2H3,(H,30,31,32)/t10-,14-/m1/s1. The van der Waals surface area contributed by atoms with Crippen LogP contribution in [0.3, 0.4) is 0 Å². The van der Waals surface area contributed by atoms with Gasteiger partial charge in [0.2, 0.25) is 0 Å². The molecule has 4 heterocycles. The molecular weight excluding hydrogens is 458 g/mol. The maximum absolute atomic E-state index is 15.1. The fourth-order valence-electron chi connectivity index (χ4n) is 5.01. The molecule has 35 heavy (non-hydrogen) atoms. The van der Waals surface area contributed by atoms with Crippen LogP contribution in [-0.2, 0) is 0 Å². The first-order chi connectivity index (χ1) is 16.8. The number of rotatable bonds is 5. The highest BCUT2D eigenvalue weighted by Gasteiger charge is 2.54. The van der Waals surface area contributed by atoms with Crippen molar-refractivity contribution >= 4 is 33.4 Å².